The van der Waals surface area contributed by atoms with E-state index in [0.717, 1.165) is 6.42 Å². The molecule has 1 aromatic carbocycles. The third-order valence-corrected chi connectivity index (χ3v) is 3.70. The van der Waals surface area contributed by atoms with E-state index in [1.807, 2.05) is 24.3 Å². The summed E-state index contributed by atoms with van der Waals surface area (Å²) in [6, 6.07) is 7.65. The molecule has 1 N–H and O–H groups in total. The van der Waals surface area contributed by atoms with E-state index in [9.17, 15) is 9.59 Å². The molecule has 6 heteroatoms. The molecule has 0 fully saturated rings. The summed E-state index contributed by atoms with van der Waals surface area (Å²) in [5.41, 5.74) is 2.66. The third kappa shape index (κ3) is 4.87. The van der Waals surface area contributed by atoms with Crippen molar-refractivity contribution in [3.63, 3.8) is 0 Å². The molecule has 0 radical (unpaired) electrons. The second-order valence-corrected chi connectivity index (χ2v) is 5.60. The number of carbonyl (C=O) groups is 2. The summed E-state index contributed by atoms with van der Waals surface area (Å²) < 4.78 is 4.93. The van der Waals surface area contributed by atoms with Crippen LogP contribution < -0.4 is 5.32 Å². The van der Waals surface area contributed by atoms with E-state index in [4.69, 9.17) is 4.74 Å². The molecule has 24 heavy (non-hydrogen) atoms. The predicted octanol–water partition coefficient (Wildman–Crippen LogP) is 3.09. The molecule has 0 spiro atoms. The minimum atomic E-state index is -0.676. The molecule has 1 amide bonds. The number of amides is 1. The minimum Gasteiger partial charge on any atom is -0.451 e. The van der Waals surface area contributed by atoms with Gasteiger partial charge in [-0.15, -0.1) is 0 Å². The maximum atomic E-state index is 11.9. The van der Waals surface area contributed by atoms with Gasteiger partial charge >= 0.3 is 5.97 Å². The standard InChI is InChI=1S/C18H21N3O3/c1-4-12(2)14-5-7-15(8-6-14)21-17(22)11-24-18(23)16-10-19-13(3)9-20-16/h5-10,12H,4,11H2,1-3H3,(H,21,22)/t12-/m0/s1. The quantitative estimate of drug-likeness (QED) is 0.825. The number of aromatic nitrogens is 2. The Hall–Kier alpha value is -2.76. The van der Waals surface area contributed by atoms with E-state index in [-0.39, 0.29) is 12.3 Å². The number of anilines is 1. The molecule has 0 aliphatic heterocycles. The number of hydrogen-bond donors (Lipinski definition) is 1. The van der Waals surface area contributed by atoms with Crippen LogP contribution in [0.1, 0.15) is 47.9 Å². The predicted molar refractivity (Wildman–Crippen MR) is 90.8 cm³/mol. The highest BCUT2D eigenvalue weighted by molar-refractivity contribution is 5.94. The van der Waals surface area contributed by atoms with Crippen molar-refractivity contribution in [2.75, 3.05) is 11.9 Å². The van der Waals surface area contributed by atoms with E-state index in [1.54, 1.807) is 6.92 Å². The maximum Gasteiger partial charge on any atom is 0.359 e. The van der Waals surface area contributed by atoms with Crippen molar-refractivity contribution >= 4 is 17.6 Å². The molecule has 0 saturated carbocycles. The number of nitrogens with one attached hydrogen (secondary N) is 1. The largest absolute Gasteiger partial charge is 0.451 e. The average Bonchev–Trinajstić information content (AvgIpc) is 2.60. The van der Waals surface area contributed by atoms with Gasteiger partial charge in [0.1, 0.15) is 0 Å². The average molecular weight is 327 g/mol. The molecule has 2 aromatic rings. The lowest BCUT2D eigenvalue weighted by molar-refractivity contribution is -0.119. The van der Waals surface area contributed by atoms with E-state index >= 15 is 0 Å². The monoisotopic (exact) mass is 327 g/mol. The van der Waals surface area contributed by atoms with Gasteiger partial charge in [-0.05, 0) is 37.0 Å². The van der Waals surface area contributed by atoms with Crippen LogP contribution >= 0.6 is 0 Å². The van der Waals surface area contributed by atoms with E-state index < -0.39 is 11.9 Å². The lowest BCUT2D eigenvalue weighted by atomic mass is 9.99. The fraction of sp³-hybridized carbons (Fsp3) is 0.333. The van der Waals surface area contributed by atoms with Crippen LogP contribution in [0, 0.1) is 6.92 Å². The van der Waals surface area contributed by atoms with Crippen molar-refractivity contribution in [3.8, 4) is 0 Å². The van der Waals surface area contributed by atoms with Crippen LogP contribution in [0.25, 0.3) is 0 Å². The Morgan fingerprint density at radius 3 is 2.46 bits per heavy atom. The first-order valence-electron chi connectivity index (χ1n) is 7.85. The van der Waals surface area contributed by atoms with Gasteiger partial charge in [0, 0.05) is 11.9 Å². The third-order valence-electron chi connectivity index (χ3n) is 3.70. The molecular weight excluding hydrogens is 306 g/mol. The summed E-state index contributed by atoms with van der Waals surface area (Å²) in [5.74, 6) is -0.601. The molecule has 0 aliphatic rings. The Balaban J connectivity index is 1.84. The van der Waals surface area contributed by atoms with Gasteiger partial charge in [-0.25, -0.2) is 9.78 Å². The van der Waals surface area contributed by atoms with Crippen LogP contribution in [0.5, 0.6) is 0 Å². The first kappa shape index (κ1) is 17.6. The molecule has 0 saturated heterocycles. The Kier molecular flexibility index (Phi) is 6.01. The minimum absolute atomic E-state index is 0.0753. The smallest absolute Gasteiger partial charge is 0.359 e. The van der Waals surface area contributed by atoms with Gasteiger partial charge in [-0.3, -0.25) is 9.78 Å². The van der Waals surface area contributed by atoms with Gasteiger partial charge in [0.15, 0.2) is 12.3 Å². The topological polar surface area (TPSA) is 81.2 Å². The van der Waals surface area contributed by atoms with Gasteiger partial charge in [0.25, 0.3) is 5.91 Å². The molecule has 1 aromatic heterocycles. The Morgan fingerprint density at radius 2 is 1.88 bits per heavy atom. The lowest BCUT2D eigenvalue weighted by Gasteiger charge is -2.10. The van der Waals surface area contributed by atoms with Crippen molar-refractivity contribution in [1.82, 2.24) is 9.97 Å². The van der Waals surface area contributed by atoms with Crippen molar-refractivity contribution in [2.24, 2.45) is 0 Å². The zero-order valence-corrected chi connectivity index (χ0v) is 14.1. The SMILES string of the molecule is CC[C@H](C)c1ccc(NC(=O)COC(=O)c2cnc(C)cn2)cc1. The van der Waals surface area contributed by atoms with Crippen LogP contribution in [0.3, 0.4) is 0 Å². The van der Waals surface area contributed by atoms with E-state index in [1.165, 1.54) is 18.0 Å². The van der Waals surface area contributed by atoms with Gasteiger partial charge < -0.3 is 10.1 Å². The Labute approximate surface area is 141 Å². The first-order valence-corrected chi connectivity index (χ1v) is 7.85. The number of hydrogen-bond acceptors (Lipinski definition) is 5. The van der Waals surface area contributed by atoms with Crippen molar-refractivity contribution in [3.05, 3.63) is 53.6 Å². The van der Waals surface area contributed by atoms with Crippen molar-refractivity contribution in [2.45, 2.75) is 33.1 Å². The molecule has 0 aliphatic carbocycles. The highest BCUT2D eigenvalue weighted by Crippen LogP contribution is 2.20. The molecule has 6 nitrogen and oxygen atoms in total. The normalized spacial score (nSPS) is 11.6. The molecule has 1 atom stereocenters. The van der Waals surface area contributed by atoms with Crippen molar-refractivity contribution in [1.29, 1.82) is 0 Å². The zero-order chi connectivity index (χ0) is 17.5. The number of benzene rings is 1. The molecule has 0 bridgehead atoms. The number of rotatable bonds is 6. The van der Waals surface area contributed by atoms with Crippen LogP contribution in [0.2, 0.25) is 0 Å². The molecule has 2 rings (SSSR count). The van der Waals surface area contributed by atoms with Gasteiger partial charge in [-0.1, -0.05) is 26.0 Å². The maximum absolute atomic E-state index is 11.9. The fourth-order valence-electron chi connectivity index (χ4n) is 2.03. The van der Waals surface area contributed by atoms with Gasteiger partial charge in [-0.2, -0.15) is 0 Å². The number of aryl methyl sites for hydroxylation is 1. The molecule has 126 valence electrons. The zero-order valence-electron chi connectivity index (χ0n) is 14.1. The number of ether oxygens (including phenoxy) is 1. The van der Waals surface area contributed by atoms with Crippen LogP contribution in [0.4, 0.5) is 5.69 Å². The van der Waals surface area contributed by atoms with Crippen LogP contribution in [-0.2, 0) is 9.53 Å². The summed E-state index contributed by atoms with van der Waals surface area (Å²) in [6.07, 6.45) is 3.85. The van der Waals surface area contributed by atoms with E-state index in [2.05, 4.69) is 29.1 Å². The first-order chi connectivity index (χ1) is 11.5. The molecule has 1 heterocycles. The second kappa shape index (κ2) is 8.19. The van der Waals surface area contributed by atoms with Gasteiger partial charge in [0.05, 0.1) is 11.9 Å². The number of esters is 1. The molecule has 0 unspecified atom stereocenters. The highest BCUT2D eigenvalue weighted by atomic mass is 16.5. The summed E-state index contributed by atoms with van der Waals surface area (Å²) in [4.78, 5) is 31.5. The van der Waals surface area contributed by atoms with Crippen LogP contribution in [0.15, 0.2) is 36.7 Å². The van der Waals surface area contributed by atoms with Crippen LogP contribution in [-0.4, -0.2) is 28.5 Å². The summed E-state index contributed by atoms with van der Waals surface area (Å²) in [6.45, 7) is 5.68. The number of nitrogens with zero attached hydrogens (tertiary/aromatic N) is 2. The summed E-state index contributed by atoms with van der Waals surface area (Å²) in [7, 11) is 0. The van der Waals surface area contributed by atoms with E-state index in [0.29, 0.717) is 17.3 Å². The fourth-order valence-corrected chi connectivity index (χ4v) is 2.03. The molecular formula is C18H21N3O3. The number of carbonyl (C=O) groups excluding carboxylic acids is 2. The Morgan fingerprint density at radius 1 is 1.17 bits per heavy atom. The van der Waals surface area contributed by atoms with Gasteiger partial charge in [0.2, 0.25) is 0 Å². The Bertz CT molecular complexity index is 696. The highest BCUT2D eigenvalue weighted by Gasteiger charge is 2.12. The lowest BCUT2D eigenvalue weighted by Crippen LogP contribution is -2.21. The van der Waals surface area contributed by atoms with Crippen molar-refractivity contribution < 1.29 is 14.3 Å². The second-order valence-electron chi connectivity index (χ2n) is 5.60. The summed E-state index contributed by atoms with van der Waals surface area (Å²) in [5, 5.41) is 2.69. The summed E-state index contributed by atoms with van der Waals surface area (Å²) >= 11 is 0.